The Morgan fingerprint density at radius 3 is 2.79 bits per heavy atom. The van der Waals surface area contributed by atoms with Crippen LogP contribution in [0.25, 0.3) is 0 Å². The van der Waals surface area contributed by atoms with Crippen LogP contribution in [0, 0.1) is 0 Å². The molecule has 156 valence electrons. The fraction of sp³-hybridized carbons (Fsp3) is 0.556. The van der Waals surface area contributed by atoms with Gasteiger partial charge in [0.05, 0.1) is 5.57 Å². The molecule has 4 rings (SSSR count). The maximum absolute atomic E-state index is 12.4. The van der Waals surface area contributed by atoms with Crippen LogP contribution >= 0.6 is 0 Å². The monoisotopic (exact) mass is 405 g/mol. The van der Waals surface area contributed by atoms with Crippen LogP contribution in [0.1, 0.15) is 37.1 Å². The molecule has 1 amide bonds. The summed E-state index contributed by atoms with van der Waals surface area (Å²) in [5.41, 5.74) is 5.77. The molecule has 4 atom stereocenters. The van der Waals surface area contributed by atoms with E-state index in [-0.39, 0.29) is 12.4 Å². The molecule has 3 aliphatic heterocycles. The van der Waals surface area contributed by atoms with Gasteiger partial charge in [-0.2, -0.15) is 0 Å². The first kappa shape index (κ1) is 19.6. The Labute approximate surface area is 167 Å². The lowest BCUT2D eigenvalue weighted by molar-refractivity contribution is -0.203. The summed E-state index contributed by atoms with van der Waals surface area (Å²) in [6, 6.07) is 0. The number of esters is 1. The molecule has 4 heterocycles. The molecule has 0 aromatic carbocycles. The Morgan fingerprint density at radius 1 is 1.34 bits per heavy atom. The molecule has 0 radical (unpaired) electrons. The van der Waals surface area contributed by atoms with Crippen molar-refractivity contribution in [1.82, 2.24) is 19.7 Å². The highest BCUT2D eigenvalue weighted by Gasteiger charge is 2.56. The number of primary amides is 1. The number of amides is 1. The van der Waals surface area contributed by atoms with Crippen molar-refractivity contribution < 1.29 is 28.5 Å². The van der Waals surface area contributed by atoms with Crippen LogP contribution in [-0.4, -0.2) is 69.3 Å². The van der Waals surface area contributed by atoms with Crippen LogP contribution in [0.15, 0.2) is 30.4 Å². The lowest BCUT2D eigenvalue weighted by Gasteiger charge is -2.24. The summed E-state index contributed by atoms with van der Waals surface area (Å²) >= 11 is 0. The number of carbonyl (C=O) groups excluding carboxylic acids is 2. The van der Waals surface area contributed by atoms with E-state index in [0.29, 0.717) is 12.0 Å². The first-order valence-corrected chi connectivity index (χ1v) is 9.22. The first-order chi connectivity index (χ1) is 13.7. The highest BCUT2D eigenvalue weighted by molar-refractivity contribution is 5.89. The molecule has 0 spiro atoms. The number of carbonyl (C=O) groups is 2. The van der Waals surface area contributed by atoms with Crippen molar-refractivity contribution >= 4 is 11.9 Å². The van der Waals surface area contributed by atoms with Crippen LogP contribution in [0.5, 0.6) is 0 Å². The van der Waals surface area contributed by atoms with E-state index in [1.54, 1.807) is 24.9 Å². The standard InChI is InChI=1S/C18H23N5O6/c1-18(2)28-12-11(8-26-17(25)10-5-4-6-22(3)7-10)27-16(13(12)29-18)23-9-20-15(21-23)14(19)24/h4,6-7,9,11-13,16H,5,8H2,1-3H3,(H2,19,24)/t11-,12-,13-,16-/m1/s1. The smallest absolute Gasteiger partial charge is 0.335 e. The molecular formula is C18H23N5O6. The average Bonchev–Trinajstić information content (AvgIpc) is 3.33. The molecule has 0 bridgehead atoms. The number of aromatic nitrogens is 3. The zero-order valence-electron chi connectivity index (χ0n) is 16.3. The van der Waals surface area contributed by atoms with Crippen LogP contribution < -0.4 is 5.73 Å². The Balaban J connectivity index is 1.47. The van der Waals surface area contributed by atoms with Gasteiger partial charge >= 0.3 is 5.97 Å². The highest BCUT2D eigenvalue weighted by Crippen LogP contribution is 2.42. The van der Waals surface area contributed by atoms with E-state index < -0.39 is 42.2 Å². The number of ether oxygens (including phenoxy) is 4. The highest BCUT2D eigenvalue weighted by atomic mass is 16.8. The van der Waals surface area contributed by atoms with E-state index in [1.807, 2.05) is 19.3 Å². The van der Waals surface area contributed by atoms with E-state index in [9.17, 15) is 9.59 Å². The van der Waals surface area contributed by atoms with Gasteiger partial charge in [-0.3, -0.25) is 4.79 Å². The second-order valence-corrected chi connectivity index (χ2v) is 7.55. The minimum absolute atomic E-state index is 0.0158. The Kier molecular flexibility index (Phi) is 4.89. The zero-order chi connectivity index (χ0) is 20.8. The normalized spacial score (nSPS) is 30.2. The quantitative estimate of drug-likeness (QED) is 0.676. The summed E-state index contributed by atoms with van der Waals surface area (Å²) in [7, 11) is 1.84. The van der Waals surface area contributed by atoms with E-state index in [1.165, 1.54) is 11.0 Å². The third-order valence-corrected chi connectivity index (χ3v) is 4.79. The maximum Gasteiger partial charge on any atom is 0.335 e. The van der Waals surface area contributed by atoms with Crippen LogP contribution in [-0.2, 0) is 23.7 Å². The summed E-state index contributed by atoms with van der Waals surface area (Å²) in [6.45, 7) is 3.56. The molecule has 2 saturated heterocycles. The van der Waals surface area contributed by atoms with E-state index in [2.05, 4.69) is 10.1 Å². The Hall–Kier alpha value is -2.76. The first-order valence-electron chi connectivity index (χ1n) is 9.22. The molecule has 1 aromatic rings. The molecule has 3 aliphatic rings. The van der Waals surface area contributed by atoms with E-state index >= 15 is 0 Å². The molecule has 0 saturated carbocycles. The lowest BCUT2D eigenvalue weighted by Crippen LogP contribution is -2.34. The molecule has 2 N–H and O–H groups in total. The topological polar surface area (TPSA) is 131 Å². The number of allylic oxidation sites excluding steroid dienone is 1. The number of rotatable bonds is 5. The van der Waals surface area contributed by atoms with Gasteiger partial charge in [-0.1, -0.05) is 6.08 Å². The summed E-state index contributed by atoms with van der Waals surface area (Å²) < 4.78 is 24.8. The van der Waals surface area contributed by atoms with E-state index in [0.717, 1.165) is 0 Å². The van der Waals surface area contributed by atoms with Crippen molar-refractivity contribution in [2.45, 2.75) is 50.6 Å². The molecule has 2 fully saturated rings. The third kappa shape index (κ3) is 3.88. The van der Waals surface area contributed by atoms with Crippen molar-refractivity contribution in [3.8, 4) is 0 Å². The number of hydrogen-bond acceptors (Lipinski definition) is 9. The number of nitrogens with two attached hydrogens (primary N) is 1. The van der Waals surface area contributed by atoms with Crippen molar-refractivity contribution in [3.63, 3.8) is 0 Å². The summed E-state index contributed by atoms with van der Waals surface area (Å²) in [5, 5.41) is 4.05. The minimum Gasteiger partial charge on any atom is -0.459 e. The molecule has 29 heavy (non-hydrogen) atoms. The van der Waals surface area contributed by atoms with Crippen LogP contribution in [0.2, 0.25) is 0 Å². The number of nitrogens with zero attached hydrogens (tertiary/aromatic N) is 4. The molecule has 11 nitrogen and oxygen atoms in total. The summed E-state index contributed by atoms with van der Waals surface area (Å²) in [5.74, 6) is -2.13. The van der Waals surface area contributed by atoms with Gasteiger partial charge in [-0.15, -0.1) is 5.10 Å². The van der Waals surface area contributed by atoms with Crippen molar-refractivity contribution in [2.75, 3.05) is 13.7 Å². The van der Waals surface area contributed by atoms with Crippen LogP contribution in [0.3, 0.4) is 0 Å². The summed E-state index contributed by atoms with van der Waals surface area (Å²) in [4.78, 5) is 29.3. The second kappa shape index (κ2) is 7.25. The van der Waals surface area contributed by atoms with Crippen LogP contribution in [0.4, 0.5) is 0 Å². The van der Waals surface area contributed by atoms with Crippen molar-refractivity contribution in [1.29, 1.82) is 0 Å². The summed E-state index contributed by atoms with van der Waals surface area (Å²) in [6.07, 6.45) is 5.06. The Bertz CT molecular complexity index is 878. The third-order valence-electron chi connectivity index (χ3n) is 4.79. The van der Waals surface area contributed by atoms with Gasteiger partial charge in [0, 0.05) is 19.7 Å². The molecular weight excluding hydrogens is 382 g/mol. The molecule has 1 aromatic heterocycles. The van der Waals surface area contributed by atoms with Gasteiger partial charge in [0.25, 0.3) is 5.91 Å². The molecule has 0 aliphatic carbocycles. The predicted molar refractivity (Wildman–Crippen MR) is 96.8 cm³/mol. The molecule has 11 heteroatoms. The van der Waals surface area contributed by atoms with Crippen molar-refractivity contribution in [2.24, 2.45) is 5.73 Å². The van der Waals surface area contributed by atoms with E-state index in [4.69, 9.17) is 24.7 Å². The minimum atomic E-state index is -0.841. The van der Waals surface area contributed by atoms with Gasteiger partial charge in [0.15, 0.2) is 12.0 Å². The SMILES string of the molecule is CN1C=CCC(C(=O)OC[C@H]2O[C@@H](n3cnc(C(N)=O)n3)[C@@H]3OC(C)(C)O[C@@H]32)=C1. The molecule has 0 unspecified atom stereocenters. The number of fused-ring (bicyclic) bond motifs is 1. The maximum atomic E-state index is 12.4. The number of hydrogen-bond donors (Lipinski definition) is 1. The lowest BCUT2D eigenvalue weighted by atomic mass is 10.1. The van der Waals surface area contributed by atoms with Gasteiger partial charge in [0.2, 0.25) is 5.82 Å². The van der Waals surface area contributed by atoms with Gasteiger partial charge in [0.1, 0.15) is 31.2 Å². The van der Waals surface area contributed by atoms with Crippen molar-refractivity contribution in [3.05, 3.63) is 36.2 Å². The second-order valence-electron chi connectivity index (χ2n) is 7.55. The fourth-order valence-corrected chi connectivity index (χ4v) is 3.59. The van der Waals surface area contributed by atoms with Gasteiger partial charge in [-0.05, 0) is 20.0 Å². The van der Waals surface area contributed by atoms with Gasteiger partial charge < -0.3 is 29.6 Å². The fourth-order valence-electron chi connectivity index (χ4n) is 3.59. The average molecular weight is 405 g/mol. The largest absolute Gasteiger partial charge is 0.459 e. The van der Waals surface area contributed by atoms with Gasteiger partial charge in [-0.25, -0.2) is 14.5 Å². The Morgan fingerprint density at radius 2 is 2.10 bits per heavy atom. The predicted octanol–water partition coefficient (Wildman–Crippen LogP) is 0.0708. The zero-order valence-corrected chi connectivity index (χ0v) is 16.3.